The minimum atomic E-state index is -3.46. The summed E-state index contributed by atoms with van der Waals surface area (Å²) >= 11 is 6.03. The third kappa shape index (κ3) is 4.76. The Morgan fingerprint density at radius 3 is 2.62 bits per heavy atom. The van der Waals surface area contributed by atoms with Gasteiger partial charge in [0.2, 0.25) is 15.9 Å². The fourth-order valence-corrected chi connectivity index (χ4v) is 6.46. The number of amides is 1. The van der Waals surface area contributed by atoms with Crippen LogP contribution in [0, 0.1) is 5.92 Å². The van der Waals surface area contributed by atoms with Crippen LogP contribution in [0.15, 0.2) is 59.5 Å². The van der Waals surface area contributed by atoms with Gasteiger partial charge in [0.1, 0.15) is 5.82 Å². The molecule has 1 aromatic heterocycles. The fraction of sp³-hybridized carbons (Fsp3) is 0.360. The van der Waals surface area contributed by atoms with E-state index >= 15 is 0 Å². The standard InChI is InChI=1S/C25H27ClN4O3S/c26-20-6-3-7-21(16-20)27-25(31)19-5-4-12-29(17-19)24-11-8-18-15-22(9-10-23(18)28-24)34(32,33)30-13-1-2-14-30/h3,6-11,15-16,19H,1-2,4-5,12-14,17H2,(H,27,31). The summed E-state index contributed by atoms with van der Waals surface area (Å²) in [7, 11) is -3.46. The van der Waals surface area contributed by atoms with Crippen molar-refractivity contribution in [3.8, 4) is 0 Å². The second kappa shape index (κ2) is 9.52. The Hall–Kier alpha value is -2.68. The van der Waals surface area contributed by atoms with Gasteiger partial charge in [0.05, 0.1) is 16.3 Å². The van der Waals surface area contributed by atoms with E-state index in [9.17, 15) is 13.2 Å². The van der Waals surface area contributed by atoms with Gasteiger partial charge in [-0.15, -0.1) is 0 Å². The third-order valence-electron chi connectivity index (χ3n) is 6.56. The Labute approximate surface area is 204 Å². The number of hydrogen-bond donors (Lipinski definition) is 1. The molecule has 2 aromatic carbocycles. The molecule has 9 heteroatoms. The molecule has 1 N–H and O–H groups in total. The lowest BCUT2D eigenvalue weighted by atomic mass is 9.97. The van der Waals surface area contributed by atoms with Crippen LogP contribution in [-0.4, -0.2) is 49.8 Å². The van der Waals surface area contributed by atoms with Gasteiger partial charge in [-0.05, 0) is 74.2 Å². The van der Waals surface area contributed by atoms with Gasteiger partial charge in [-0.3, -0.25) is 4.79 Å². The Morgan fingerprint density at radius 1 is 1.00 bits per heavy atom. The summed E-state index contributed by atoms with van der Waals surface area (Å²) in [6.07, 6.45) is 3.52. The van der Waals surface area contributed by atoms with Crippen LogP contribution in [0.5, 0.6) is 0 Å². The van der Waals surface area contributed by atoms with Crippen LogP contribution in [0.25, 0.3) is 10.9 Å². The van der Waals surface area contributed by atoms with Crippen molar-refractivity contribution in [2.24, 2.45) is 5.92 Å². The van der Waals surface area contributed by atoms with Gasteiger partial charge < -0.3 is 10.2 Å². The SMILES string of the molecule is O=C(Nc1cccc(Cl)c1)C1CCCN(c2ccc3cc(S(=O)(=O)N4CCCC4)ccc3n2)C1. The zero-order valence-corrected chi connectivity index (χ0v) is 20.4. The number of rotatable bonds is 5. The van der Waals surface area contributed by atoms with E-state index in [0.29, 0.717) is 35.2 Å². The molecule has 2 aliphatic rings. The molecule has 1 atom stereocenters. The molecule has 34 heavy (non-hydrogen) atoms. The van der Waals surface area contributed by atoms with Crippen molar-refractivity contribution in [1.29, 1.82) is 0 Å². The number of anilines is 2. The summed E-state index contributed by atoms with van der Waals surface area (Å²) in [5.41, 5.74) is 1.43. The molecule has 2 aliphatic heterocycles. The fourth-order valence-electron chi connectivity index (χ4n) is 4.72. The number of halogens is 1. The normalized spacial score (nSPS) is 19.4. The number of fused-ring (bicyclic) bond motifs is 1. The first-order valence-electron chi connectivity index (χ1n) is 11.6. The van der Waals surface area contributed by atoms with Crippen molar-refractivity contribution in [1.82, 2.24) is 9.29 Å². The first-order chi connectivity index (χ1) is 16.4. The van der Waals surface area contributed by atoms with E-state index in [1.54, 1.807) is 34.6 Å². The van der Waals surface area contributed by atoms with Crippen LogP contribution in [0.2, 0.25) is 5.02 Å². The van der Waals surface area contributed by atoms with Crippen molar-refractivity contribution in [3.05, 3.63) is 59.6 Å². The average molecular weight is 499 g/mol. The number of sulfonamides is 1. The summed E-state index contributed by atoms with van der Waals surface area (Å²) in [5.74, 6) is 0.616. The number of benzene rings is 2. The number of carbonyl (C=O) groups is 1. The van der Waals surface area contributed by atoms with Gasteiger partial charge >= 0.3 is 0 Å². The Balaban J connectivity index is 1.32. The van der Waals surface area contributed by atoms with Gasteiger partial charge in [-0.25, -0.2) is 13.4 Å². The van der Waals surface area contributed by atoms with Crippen LogP contribution >= 0.6 is 11.6 Å². The number of hydrogen-bond acceptors (Lipinski definition) is 5. The minimum absolute atomic E-state index is 0.0236. The summed E-state index contributed by atoms with van der Waals surface area (Å²) in [5, 5.41) is 4.34. The van der Waals surface area contributed by atoms with Crippen molar-refractivity contribution in [2.75, 3.05) is 36.4 Å². The van der Waals surface area contributed by atoms with Gasteiger partial charge in [0.15, 0.2) is 0 Å². The van der Waals surface area contributed by atoms with Crippen molar-refractivity contribution < 1.29 is 13.2 Å². The molecule has 2 saturated heterocycles. The number of nitrogens with zero attached hydrogens (tertiary/aromatic N) is 3. The van der Waals surface area contributed by atoms with E-state index in [4.69, 9.17) is 16.6 Å². The molecule has 178 valence electrons. The smallest absolute Gasteiger partial charge is 0.243 e. The second-order valence-corrected chi connectivity index (χ2v) is 11.3. The maximum atomic E-state index is 12.9. The molecule has 3 aromatic rings. The molecule has 1 amide bonds. The van der Waals surface area contributed by atoms with Crippen LogP contribution in [0.4, 0.5) is 11.5 Å². The first-order valence-corrected chi connectivity index (χ1v) is 13.4. The molecular weight excluding hydrogens is 472 g/mol. The molecule has 7 nitrogen and oxygen atoms in total. The molecule has 0 bridgehead atoms. The van der Waals surface area contributed by atoms with Crippen molar-refractivity contribution >= 4 is 49.9 Å². The Bertz CT molecular complexity index is 1320. The quantitative estimate of drug-likeness (QED) is 0.559. The summed E-state index contributed by atoms with van der Waals surface area (Å²) < 4.78 is 27.3. The highest BCUT2D eigenvalue weighted by Gasteiger charge is 2.28. The van der Waals surface area contributed by atoms with E-state index in [1.807, 2.05) is 24.3 Å². The van der Waals surface area contributed by atoms with Gasteiger partial charge in [0.25, 0.3) is 0 Å². The molecule has 0 spiro atoms. The van der Waals surface area contributed by atoms with E-state index in [2.05, 4.69) is 10.2 Å². The maximum absolute atomic E-state index is 12.9. The predicted octanol–water partition coefficient (Wildman–Crippen LogP) is 4.53. The van der Waals surface area contributed by atoms with E-state index in [0.717, 1.165) is 48.9 Å². The van der Waals surface area contributed by atoms with Crippen molar-refractivity contribution in [2.45, 2.75) is 30.6 Å². The Morgan fingerprint density at radius 2 is 1.82 bits per heavy atom. The summed E-state index contributed by atoms with van der Waals surface area (Å²) in [6.45, 7) is 2.56. The van der Waals surface area contributed by atoms with Crippen LogP contribution < -0.4 is 10.2 Å². The number of carbonyl (C=O) groups excluding carboxylic acids is 1. The highest BCUT2D eigenvalue weighted by atomic mass is 35.5. The molecule has 5 rings (SSSR count). The molecule has 0 aliphatic carbocycles. The number of aromatic nitrogens is 1. The van der Waals surface area contributed by atoms with E-state index in [1.165, 1.54) is 0 Å². The molecule has 1 unspecified atom stereocenters. The number of pyridine rings is 1. The third-order valence-corrected chi connectivity index (χ3v) is 8.69. The molecule has 0 radical (unpaired) electrons. The molecule has 0 saturated carbocycles. The van der Waals surface area contributed by atoms with Gasteiger partial charge in [-0.2, -0.15) is 4.31 Å². The number of piperidine rings is 1. The largest absolute Gasteiger partial charge is 0.356 e. The topological polar surface area (TPSA) is 82.6 Å². The highest BCUT2D eigenvalue weighted by molar-refractivity contribution is 7.89. The molecule has 3 heterocycles. The summed E-state index contributed by atoms with van der Waals surface area (Å²) in [6, 6.07) is 16.1. The first kappa shape index (κ1) is 23.1. The van der Waals surface area contributed by atoms with Gasteiger partial charge in [0, 0.05) is 42.3 Å². The second-order valence-electron chi connectivity index (χ2n) is 8.92. The Kier molecular flexibility index (Phi) is 6.46. The molecular formula is C25H27ClN4O3S. The number of nitrogens with one attached hydrogen (secondary N) is 1. The van der Waals surface area contributed by atoms with Gasteiger partial charge in [-0.1, -0.05) is 17.7 Å². The van der Waals surface area contributed by atoms with Crippen LogP contribution in [0.1, 0.15) is 25.7 Å². The van der Waals surface area contributed by atoms with Crippen molar-refractivity contribution in [3.63, 3.8) is 0 Å². The predicted molar refractivity (Wildman–Crippen MR) is 135 cm³/mol. The maximum Gasteiger partial charge on any atom is 0.243 e. The lowest BCUT2D eigenvalue weighted by Crippen LogP contribution is -2.41. The lowest BCUT2D eigenvalue weighted by Gasteiger charge is -2.33. The average Bonchev–Trinajstić information content (AvgIpc) is 3.39. The van der Waals surface area contributed by atoms with Crippen LogP contribution in [0.3, 0.4) is 0 Å². The minimum Gasteiger partial charge on any atom is -0.356 e. The van der Waals surface area contributed by atoms with E-state index in [-0.39, 0.29) is 11.8 Å². The molecule has 2 fully saturated rings. The highest BCUT2D eigenvalue weighted by Crippen LogP contribution is 2.28. The van der Waals surface area contributed by atoms with Crippen LogP contribution in [-0.2, 0) is 14.8 Å². The monoisotopic (exact) mass is 498 g/mol. The van der Waals surface area contributed by atoms with E-state index < -0.39 is 10.0 Å². The zero-order valence-electron chi connectivity index (χ0n) is 18.8. The summed E-state index contributed by atoms with van der Waals surface area (Å²) in [4.78, 5) is 20.1. The lowest BCUT2D eigenvalue weighted by molar-refractivity contribution is -0.120. The zero-order chi connectivity index (χ0) is 23.7.